The molecule has 1 aromatic rings. The molecular formula is C14H23NO3S. The third-order valence-electron chi connectivity index (χ3n) is 3.08. The topological polar surface area (TPSA) is 55.4 Å². The van der Waals surface area contributed by atoms with Gasteiger partial charge < -0.3 is 0 Å². The fourth-order valence-corrected chi connectivity index (χ4v) is 2.61. The van der Waals surface area contributed by atoms with Gasteiger partial charge in [0, 0.05) is 0 Å². The normalized spacial score (nSPS) is 13.4. The summed E-state index contributed by atoms with van der Waals surface area (Å²) in [5.41, 5.74) is 0. The van der Waals surface area contributed by atoms with E-state index in [2.05, 4.69) is 18.7 Å². The van der Waals surface area contributed by atoms with Gasteiger partial charge >= 0.3 is 0 Å². The lowest BCUT2D eigenvalue weighted by Gasteiger charge is -2.14. The van der Waals surface area contributed by atoms with Crippen LogP contribution < -0.4 is 4.89 Å². The Balaban J connectivity index is 2.43. The van der Waals surface area contributed by atoms with Crippen LogP contribution in [0.25, 0.3) is 0 Å². The molecule has 0 heterocycles. The number of benzene rings is 1. The summed E-state index contributed by atoms with van der Waals surface area (Å²) in [6.45, 7) is 4.66. The van der Waals surface area contributed by atoms with E-state index in [1.807, 2.05) is 0 Å². The maximum Gasteiger partial charge on any atom is 0.262 e. The summed E-state index contributed by atoms with van der Waals surface area (Å²) < 4.78 is 23.8. The molecule has 108 valence electrons. The second-order valence-electron chi connectivity index (χ2n) is 4.63. The van der Waals surface area contributed by atoms with E-state index in [0.29, 0.717) is 12.5 Å². The van der Waals surface area contributed by atoms with Crippen molar-refractivity contribution in [2.45, 2.75) is 44.4 Å². The standard InChI is InChI=1S/C14H23NO3S/c1-3-5-9-13(4-2)12-18-15-19(16,17)14-10-7-6-8-11-14/h6-8,10-11,13,15H,3-5,9,12H2,1-2H3. The SMILES string of the molecule is CCCCC(CC)CONS(=O)(=O)c1ccccc1. The van der Waals surface area contributed by atoms with E-state index in [9.17, 15) is 8.42 Å². The van der Waals surface area contributed by atoms with Crippen LogP contribution in [-0.2, 0) is 14.9 Å². The van der Waals surface area contributed by atoms with Crippen LogP contribution in [0.3, 0.4) is 0 Å². The first-order chi connectivity index (χ1) is 9.10. The van der Waals surface area contributed by atoms with Crippen LogP contribution in [0, 0.1) is 5.92 Å². The highest BCUT2D eigenvalue weighted by molar-refractivity contribution is 7.89. The van der Waals surface area contributed by atoms with E-state index in [1.54, 1.807) is 30.3 Å². The van der Waals surface area contributed by atoms with Crippen molar-refractivity contribution in [3.8, 4) is 0 Å². The molecule has 0 aliphatic heterocycles. The quantitative estimate of drug-likeness (QED) is 0.709. The number of unbranched alkanes of at least 4 members (excludes halogenated alkanes) is 1. The van der Waals surface area contributed by atoms with Gasteiger partial charge in [-0.05, 0) is 24.5 Å². The Bertz CT molecular complexity index is 445. The minimum atomic E-state index is -3.56. The number of hydrogen-bond acceptors (Lipinski definition) is 3. The summed E-state index contributed by atoms with van der Waals surface area (Å²) in [7, 11) is -3.56. The van der Waals surface area contributed by atoms with Crippen LogP contribution in [0.4, 0.5) is 0 Å². The zero-order valence-electron chi connectivity index (χ0n) is 11.6. The van der Waals surface area contributed by atoms with E-state index >= 15 is 0 Å². The Morgan fingerprint density at radius 2 is 1.89 bits per heavy atom. The van der Waals surface area contributed by atoms with Gasteiger partial charge in [0.15, 0.2) is 0 Å². The van der Waals surface area contributed by atoms with Gasteiger partial charge in [0.05, 0.1) is 11.5 Å². The van der Waals surface area contributed by atoms with E-state index in [1.165, 1.54) is 0 Å². The molecule has 0 aliphatic rings. The first kappa shape index (κ1) is 16.1. The van der Waals surface area contributed by atoms with Gasteiger partial charge in [0.2, 0.25) is 0 Å². The molecule has 5 heteroatoms. The Morgan fingerprint density at radius 3 is 2.47 bits per heavy atom. The van der Waals surface area contributed by atoms with Gasteiger partial charge in [-0.3, -0.25) is 4.84 Å². The third kappa shape index (κ3) is 5.72. The molecule has 0 fully saturated rings. The van der Waals surface area contributed by atoms with Crippen molar-refractivity contribution in [2.24, 2.45) is 5.92 Å². The maximum atomic E-state index is 11.9. The van der Waals surface area contributed by atoms with Crippen molar-refractivity contribution < 1.29 is 13.3 Å². The molecule has 4 nitrogen and oxygen atoms in total. The summed E-state index contributed by atoms with van der Waals surface area (Å²) in [5, 5.41) is 0. The lowest BCUT2D eigenvalue weighted by Crippen LogP contribution is -2.26. The van der Waals surface area contributed by atoms with Gasteiger partial charge in [-0.25, -0.2) is 8.42 Å². The Kier molecular flexibility index (Phi) is 7.05. The molecule has 0 amide bonds. The molecule has 0 saturated carbocycles. The number of sulfonamides is 1. The maximum absolute atomic E-state index is 11.9. The lowest BCUT2D eigenvalue weighted by molar-refractivity contribution is 0.0586. The molecule has 0 spiro atoms. The Hall–Kier alpha value is -0.910. The molecule has 0 aliphatic carbocycles. The van der Waals surface area contributed by atoms with Crippen LogP contribution in [-0.4, -0.2) is 15.0 Å². The van der Waals surface area contributed by atoms with Gasteiger partial charge in [0.25, 0.3) is 10.0 Å². The predicted octanol–water partition coefficient (Wildman–Crippen LogP) is 3.11. The highest BCUT2D eigenvalue weighted by Gasteiger charge is 2.14. The van der Waals surface area contributed by atoms with Gasteiger partial charge in [-0.1, -0.05) is 56.2 Å². The number of rotatable bonds is 9. The fraction of sp³-hybridized carbons (Fsp3) is 0.571. The highest BCUT2D eigenvalue weighted by atomic mass is 32.2. The predicted molar refractivity (Wildman–Crippen MR) is 76.0 cm³/mol. The summed E-state index contributed by atoms with van der Waals surface area (Å²) in [4.78, 5) is 7.57. The minimum Gasteiger partial charge on any atom is -0.287 e. The molecular weight excluding hydrogens is 262 g/mol. The van der Waals surface area contributed by atoms with E-state index in [-0.39, 0.29) is 4.90 Å². The van der Waals surface area contributed by atoms with Gasteiger partial charge in [0.1, 0.15) is 0 Å². The van der Waals surface area contributed by atoms with Crippen LogP contribution >= 0.6 is 0 Å². The van der Waals surface area contributed by atoms with Crippen molar-refractivity contribution in [2.75, 3.05) is 6.61 Å². The van der Waals surface area contributed by atoms with Crippen molar-refractivity contribution in [3.63, 3.8) is 0 Å². The summed E-state index contributed by atoms with van der Waals surface area (Å²) in [5.74, 6) is 0.401. The largest absolute Gasteiger partial charge is 0.287 e. The second-order valence-corrected chi connectivity index (χ2v) is 6.27. The monoisotopic (exact) mass is 285 g/mol. The average Bonchev–Trinajstić information content (AvgIpc) is 2.43. The third-order valence-corrected chi connectivity index (χ3v) is 4.31. The Morgan fingerprint density at radius 1 is 1.21 bits per heavy atom. The zero-order valence-corrected chi connectivity index (χ0v) is 12.4. The first-order valence-corrected chi connectivity index (χ1v) is 8.27. The number of nitrogens with one attached hydrogen (secondary N) is 1. The molecule has 1 atom stereocenters. The fourth-order valence-electron chi connectivity index (χ4n) is 1.78. The highest BCUT2D eigenvalue weighted by Crippen LogP contribution is 2.13. The Labute approximate surface area is 116 Å². The van der Waals surface area contributed by atoms with E-state index in [0.717, 1.165) is 25.7 Å². The first-order valence-electron chi connectivity index (χ1n) is 6.78. The van der Waals surface area contributed by atoms with Crippen LogP contribution in [0.1, 0.15) is 39.5 Å². The van der Waals surface area contributed by atoms with Gasteiger partial charge in [-0.2, -0.15) is 0 Å². The molecule has 19 heavy (non-hydrogen) atoms. The molecule has 1 N–H and O–H groups in total. The summed E-state index contributed by atoms with van der Waals surface area (Å²) in [6.07, 6.45) is 4.35. The lowest BCUT2D eigenvalue weighted by atomic mass is 10.0. The van der Waals surface area contributed by atoms with E-state index in [4.69, 9.17) is 4.84 Å². The molecule has 1 aromatic carbocycles. The molecule has 0 saturated heterocycles. The van der Waals surface area contributed by atoms with E-state index < -0.39 is 10.0 Å². The van der Waals surface area contributed by atoms with Crippen LogP contribution in [0.5, 0.6) is 0 Å². The summed E-state index contributed by atoms with van der Waals surface area (Å²) >= 11 is 0. The molecule has 0 radical (unpaired) electrons. The second kappa shape index (κ2) is 8.30. The molecule has 0 bridgehead atoms. The molecule has 1 rings (SSSR count). The van der Waals surface area contributed by atoms with Crippen molar-refractivity contribution in [3.05, 3.63) is 30.3 Å². The van der Waals surface area contributed by atoms with Gasteiger partial charge in [-0.15, -0.1) is 0 Å². The minimum absolute atomic E-state index is 0.219. The van der Waals surface area contributed by atoms with Crippen molar-refractivity contribution >= 4 is 10.0 Å². The van der Waals surface area contributed by atoms with Crippen molar-refractivity contribution in [1.29, 1.82) is 0 Å². The van der Waals surface area contributed by atoms with Crippen LogP contribution in [0.15, 0.2) is 35.2 Å². The zero-order chi connectivity index (χ0) is 14.1. The number of hydrogen-bond donors (Lipinski definition) is 1. The van der Waals surface area contributed by atoms with Crippen molar-refractivity contribution in [1.82, 2.24) is 4.89 Å². The smallest absolute Gasteiger partial charge is 0.262 e. The molecule has 1 unspecified atom stereocenters. The van der Waals surface area contributed by atoms with Crippen LogP contribution in [0.2, 0.25) is 0 Å². The summed E-state index contributed by atoms with van der Waals surface area (Å²) in [6, 6.07) is 8.23. The average molecular weight is 285 g/mol. The molecule has 0 aromatic heterocycles.